The molecule has 1 N–H and O–H groups in total. The zero-order chi connectivity index (χ0) is 17.8. The Morgan fingerprint density at radius 2 is 2.20 bits per heavy atom. The van der Waals surface area contributed by atoms with Crippen LogP contribution in [0.15, 0.2) is 35.3 Å². The standard InChI is InChI=1S/C17H20N4O4/c1-11-3-4-12(9-18-11)25-15-7-8-24-10-14(15)19-17(23)13-5-6-16(22)21(2)20-13/h3-6,9,14-15H,7-8,10H2,1-2H3,(H,19,23)/t14-,15+/m1/s1. The quantitative estimate of drug-likeness (QED) is 0.865. The summed E-state index contributed by atoms with van der Waals surface area (Å²) in [7, 11) is 1.50. The SMILES string of the molecule is Cc1ccc(O[C@H]2CCOC[C@H]2NC(=O)c2ccc(=O)n(C)n2)cn1. The number of carbonyl (C=O) groups is 1. The number of hydrogen-bond donors (Lipinski definition) is 1. The van der Waals surface area contributed by atoms with E-state index in [1.807, 2.05) is 19.1 Å². The van der Waals surface area contributed by atoms with Crippen LogP contribution in [0.25, 0.3) is 0 Å². The summed E-state index contributed by atoms with van der Waals surface area (Å²) < 4.78 is 12.6. The summed E-state index contributed by atoms with van der Waals surface area (Å²) in [5, 5.41) is 6.83. The number of ether oxygens (including phenoxy) is 2. The predicted octanol–water partition coefficient (Wildman–Crippen LogP) is 0.450. The largest absolute Gasteiger partial charge is 0.486 e. The van der Waals surface area contributed by atoms with E-state index < -0.39 is 0 Å². The lowest BCUT2D eigenvalue weighted by atomic mass is 10.1. The fourth-order valence-corrected chi connectivity index (χ4v) is 2.56. The summed E-state index contributed by atoms with van der Waals surface area (Å²) in [4.78, 5) is 28.0. The van der Waals surface area contributed by atoms with Gasteiger partial charge in [0, 0.05) is 25.2 Å². The summed E-state index contributed by atoms with van der Waals surface area (Å²) in [6.45, 7) is 2.82. The van der Waals surface area contributed by atoms with Gasteiger partial charge in [0.25, 0.3) is 11.5 Å². The molecule has 1 aliphatic heterocycles. The Balaban J connectivity index is 1.69. The highest BCUT2D eigenvalue weighted by Crippen LogP contribution is 2.18. The molecule has 1 fully saturated rings. The third-order valence-electron chi connectivity index (χ3n) is 3.97. The van der Waals surface area contributed by atoms with Crippen molar-refractivity contribution in [2.75, 3.05) is 13.2 Å². The number of carbonyl (C=O) groups excluding carboxylic acids is 1. The Morgan fingerprint density at radius 3 is 2.92 bits per heavy atom. The maximum Gasteiger partial charge on any atom is 0.272 e. The number of aryl methyl sites for hydroxylation is 2. The minimum Gasteiger partial charge on any atom is -0.486 e. The Hall–Kier alpha value is -2.74. The van der Waals surface area contributed by atoms with E-state index in [4.69, 9.17) is 9.47 Å². The lowest BCUT2D eigenvalue weighted by molar-refractivity contribution is -0.00310. The number of pyridine rings is 1. The molecule has 0 radical (unpaired) electrons. The van der Waals surface area contributed by atoms with Crippen LogP contribution >= 0.6 is 0 Å². The van der Waals surface area contributed by atoms with Gasteiger partial charge in [-0.25, -0.2) is 4.68 Å². The second kappa shape index (κ2) is 7.43. The first-order valence-corrected chi connectivity index (χ1v) is 8.05. The molecule has 0 aliphatic carbocycles. The van der Waals surface area contributed by atoms with E-state index >= 15 is 0 Å². The van der Waals surface area contributed by atoms with Gasteiger partial charge in [-0.05, 0) is 25.1 Å². The van der Waals surface area contributed by atoms with Crippen LogP contribution in [0.1, 0.15) is 22.6 Å². The van der Waals surface area contributed by atoms with Crippen molar-refractivity contribution >= 4 is 5.91 Å². The van der Waals surface area contributed by atoms with Crippen LogP contribution < -0.4 is 15.6 Å². The van der Waals surface area contributed by atoms with Crippen molar-refractivity contribution in [1.82, 2.24) is 20.1 Å². The summed E-state index contributed by atoms with van der Waals surface area (Å²) in [5.41, 5.74) is 0.805. The van der Waals surface area contributed by atoms with Gasteiger partial charge in [0.15, 0.2) is 0 Å². The number of nitrogens with zero attached hydrogens (tertiary/aromatic N) is 3. The van der Waals surface area contributed by atoms with Crippen LogP contribution in [-0.4, -0.2) is 46.0 Å². The van der Waals surface area contributed by atoms with Crippen molar-refractivity contribution in [3.05, 3.63) is 52.2 Å². The maximum absolute atomic E-state index is 12.4. The summed E-state index contributed by atoms with van der Waals surface area (Å²) in [6, 6.07) is 6.12. The molecule has 1 aliphatic rings. The zero-order valence-electron chi connectivity index (χ0n) is 14.1. The van der Waals surface area contributed by atoms with E-state index in [1.165, 1.54) is 19.2 Å². The Kier molecular flexibility index (Phi) is 5.08. The molecule has 0 spiro atoms. The normalized spacial score (nSPS) is 20.1. The molecule has 1 saturated heterocycles. The van der Waals surface area contributed by atoms with Gasteiger partial charge in [0.05, 0.1) is 25.5 Å². The fraction of sp³-hybridized carbons (Fsp3) is 0.412. The number of hydrogen-bond acceptors (Lipinski definition) is 6. The smallest absolute Gasteiger partial charge is 0.272 e. The van der Waals surface area contributed by atoms with Gasteiger partial charge in [-0.3, -0.25) is 14.6 Å². The molecule has 2 atom stereocenters. The van der Waals surface area contributed by atoms with Crippen LogP contribution in [0.4, 0.5) is 0 Å². The summed E-state index contributed by atoms with van der Waals surface area (Å²) in [6.07, 6.45) is 2.09. The van der Waals surface area contributed by atoms with Crippen molar-refractivity contribution < 1.29 is 14.3 Å². The van der Waals surface area contributed by atoms with Gasteiger partial charge < -0.3 is 14.8 Å². The molecule has 0 unspecified atom stereocenters. The van der Waals surface area contributed by atoms with Gasteiger partial charge in [0.2, 0.25) is 0 Å². The van der Waals surface area contributed by atoms with Crippen LogP contribution in [0.2, 0.25) is 0 Å². The molecule has 3 heterocycles. The molecule has 2 aromatic heterocycles. The van der Waals surface area contributed by atoms with E-state index in [2.05, 4.69) is 15.4 Å². The Morgan fingerprint density at radius 1 is 1.36 bits per heavy atom. The van der Waals surface area contributed by atoms with E-state index in [0.717, 1.165) is 10.4 Å². The van der Waals surface area contributed by atoms with Gasteiger partial charge in [-0.1, -0.05) is 0 Å². The summed E-state index contributed by atoms with van der Waals surface area (Å²) >= 11 is 0. The number of nitrogens with one attached hydrogen (secondary N) is 1. The van der Waals surface area contributed by atoms with Crippen molar-refractivity contribution in [2.24, 2.45) is 7.05 Å². The minimum atomic E-state index is -0.373. The Labute approximate surface area is 144 Å². The highest BCUT2D eigenvalue weighted by atomic mass is 16.5. The third kappa shape index (κ3) is 4.21. The highest BCUT2D eigenvalue weighted by molar-refractivity contribution is 5.92. The van der Waals surface area contributed by atoms with Crippen molar-refractivity contribution in [3.63, 3.8) is 0 Å². The van der Waals surface area contributed by atoms with Crippen LogP contribution in [0, 0.1) is 6.92 Å². The van der Waals surface area contributed by atoms with Crippen LogP contribution in [0.5, 0.6) is 5.75 Å². The molecule has 25 heavy (non-hydrogen) atoms. The first-order valence-electron chi connectivity index (χ1n) is 8.05. The molecule has 132 valence electrons. The Bertz CT molecular complexity index is 803. The van der Waals surface area contributed by atoms with Crippen molar-refractivity contribution in [2.45, 2.75) is 25.5 Å². The molecule has 0 bridgehead atoms. The van der Waals surface area contributed by atoms with E-state index in [0.29, 0.717) is 25.4 Å². The number of amides is 1. The zero-order valence-corrected chi connectivity index (χ0v) is 14.1. The van der Waals surface area contributed by atoms with Crippen LogP contribution in [0.3, 0.4) is 0 Å². The molecule has 8 nitrogen and oxygen atoms in total. The van der Waals surface area contributed by atoms with Gasteiger partial charge in [-0.15, -0.1) is 0 Å². The first-order chi connectivity index (χ1) is 12.0. The molecule has 8 heteroatoms. The second-order valence-corrected chi connectivity index (χ2v) is 5.92. The van der Waals surface area contributed by atoms with Crippen LogP contribution in [-0.2, 0) is 11.8 Å². The van der Waals surface area contributed by atoms with Gasteiger partial charge in [-0.2, -0.15) is 5.10 Å². The molecule has 3 rings (SSSR count). The lowest BCUT2D eigenvalue weighted by Crippen LogP contribution is -2.52. The molecule has 1 amide bonds. The third-order valence-corrected chi connectivity index (χ3v) is 3.97. The average molecular weight is 344 g/mol. The molecule has 2 aromatic rings. The lowest BCUT2D eigenvalue weighted by Gasteiger charge is -2.32. The van der Waals surface area contributed by atoms with Crippen molar-refractivity contribution in [1.29, 1.82) is 0 Å². The average Bonchev–Trinajstić information content (AvgIpc) is 2.61. The monoisotopic (exact) mass is 344 g/mol. The maximum atomic E-state index is 12.4. The van der Waals surface area contributed by atoms with Gasteiger partial charge in [0.1, 0.15) is 17.5 Å². The van der Waals surface area contributed by atoms with E-state index in [9.17, 15) is 9.59 Å². The fourth-order valence-electron chi connectivity index (χ4n) is 2.56. The second-order valence-electron chi connectivity index (χ2n) is 5.92. The minimum absolute atomic E-state index is 0.170. The summed E-state index contributed by atoms with van der Waals surface area (Å²) in [5.74, 6) is 0.277. The highest BCUT2D eigenvalue weighted by Gasteiger charge is 2.29. The van der Waals surface area contributed by atoms with Gasteiger partial charge >= 0.3 is 0 Å². The first kappa shape index (κ1) is 17.1. The molecular formula is C17H20N4O4. The van der Waals surface area contributed by atoms with E-state index in [1.54, 1.807) is 6.20 Å². The molecule has 0 aromatic carbocycles. The molecule has 0 saturated carbocycles. The molecular weight excluding hydrogens is 324 g/mol. The van der Waals surface area contributed by atoms with Crippen molar-refractivity contribution in [3.8, 4) is 5.75 Å². The van der Waals surface area contributed by atoms with E-state index in [-0.39, 0.29) is 29.3 Å². The topological polar surface area (TPSA) is 95.3 Å². The predicted molar refractivity (Wildman–Crippen MR) is 89.6 cm³/mol. The number of aromatic nitrogens is 3. The number of rotatable bonds is 4.